The molecule has 7 nitrogen and oxygen atoms in total. The number of carbonyl (C=O) groups is 1. The summed E-state index contributed by atoms with van der Waals surface area (Å²) in [5.41, 5.74) is 0.449. The number of aliphatic hydroxyl groups is 1. The van der Waals surface area contributed by atoms with E-state index in [1.54, 1.807) is 29.3 Å². The number of anilines is 1. The predicted octanol–water partition coefficient (Wildman–Crippen LogP) is 1.71. The van der Waals surface area contributed by atoms with E-state index in [2.05, 4.69) is 10.3 Å². The molecule has 1 fully saturated rings. The fraction of sp³-hybridized carbons (Fsp3) is 0.294. The maximum Gasteiger partial charge on any atom is 0.267 e. The van der Waals surface area contributed by atoms with E-state index in [0.29, 0.717) is 27.2 Å². The zero-order chi connectivity index (χ0) is 18.7. The van der Waals surface area contributed by atoms with Gasteiger partial charge in [-0.3, -0.25) is 18.9 Å². The number of rotatable bonds is 6. The van der Waals surface area contributed by atoms with E-state index in [9.17, 15) is 9.59 Å². The highest BCUT2D eigenvalue weighted by molar-refractivity contribution is 8.26. The monoisotopic (exact) mass is 390 g/mol. The highest BCUT2D eigenvalue weighted by atomic mass is 32.2. The van der Waals surface area contributed by atoms with Crippen LogP contribution in [0.3, 0.4) is 0 Å². The molecule has 9 heteroatoms. The molecule has 136 valence electrons. The molecule has 1 saturated heterocycles. The van der Waals surface area contributed by atoms with Crippen molar-refractivity contribution in [1.29, 1.82) is 0 Å². The number of aliphatic hydroxyl groups excluding tert-OH is 1. The number of fused-ring (bicyclic) bond motifs is 1. The Balaban J connectivity index is 2.11. The number of amides is 1. The van der Waals surface area contributed by atoms with Crippen LogP contribution in [0, 0.1) is 0 Å². The number of carbonyl (C=O) groups excluding carboxylic acids is 1. The molecule has 3 heterocycles. The van der Waals surface area contributed by atoms with Gasteiger partial charge in [0, 0.05) is 19.3 Å². The molecular weight excluding hydrogens is 372 g/mol. The van der Waals surface area contributed by atoms with Gasteiger partial charge in [0.2, 0.25) is 0 Å². The molecule has 0 saturated carbocycles. The van der Waals surface area contributed by atoms with Crippen molar-refractivity contribution in [3.63, 3.8) is 0 Å². The first kappa shape index (κ1) is 18.6. The molecule has 2 aromatic heterocycles. The molecule has 1 aliphatic heterocycles. The summed E-state index contributed by atoms with van der Waals surface area (Å²) in [6, 6.07) is 5.24. The van der Waals surface area contributed by atoms with E-state index >= 15 is 0 Å². The number of hydrogen-bond acceptors (Lipinski definition) is 7. The minimum Gasteiger partial charge on any atom is -0.395 e. The molecule has 0 aliphatic carbocycles. The quantitative estimate of drug-likeness (QED) is 0.573. The van der Waals surface area contributed by atoms with Crippen LogP contribution in [0.4, 0.5) is 5.82 Å². The smallest absolute Gasteiger partial charge is 0.267 e. The largest absolute Gasteiger partial charge is 0.395 e. The summed E-state index contributed by atoms with van der Waals surface area (Å²) in [5, 5.41) is 12.0. The summed E-state index contributed by atoms with van der Waals surface area (Å²) < 4.78 is 1.91. The summed E-state index contributed by atoms with van der Waals surface area (Å²) in [6.45, 7) is 2.66. The van der Waals surface area contributed by atoms with Gasteiger partial charge in [0.25, 0.3) is 11.5 Å². The van der Waals surface area contributed by atoms with Crippen LogP contribution in [0.1, 0.15) is 18.9 Å². The summed E-state index contributed by atoms with van der Waals surface area (Å²) in [6.07, 6.45) is 3.95. The average molecular weight is 390 g/mol. The van der Waals surface area contributed by atoms with Gasteiger partial charge in [-0.05, 0) is 24.6 Å². The number of nitrogens with one attached hydrogen (secondary N) is 1. The minimum absolute atomic E-state index is 0.103. The van der Waals surface area contributed by atoms with E-state index in [-0.39, 0.29) is 30.2 Å². The van der Waals surface area contributed by atoms with Gasteiger partial charge in [-0.15, -0.1) is 0 Å². The number of hydrogen-bond donors (Lipinski definition) is 2. The van der Waals surface area contributed by atoms with Crippen molar-refractivity contribution in [2.45, 2.75) is 13.3 Å². The molecule has 0 aromatic carbocycles. The van der Waals surface area contributed by atoms with Gasteiger partial charge >= 0.3 is 0 Å². The lowest BCUT2D eigenvalue weighted by molar-refractivity contribution is -0.122. The fourth-order valence-electron chi connectivity index (χ4n) is 2.59. The maximum absolute atomic E-state index is 12.9. The van der Waals surface area contributed by atoms with Crippen LogP contribution in [-0.2, 0) is 4.79 Å². The number of nitrogens with zero attached hydrogens (tertiary/aromatic N) is 3. The van der Waals surface area contributed by atoms with Crippen LogP contribution in [0.5, 0.6) is 0 Å². The lowest BCUT2D eigenvalue weighted by Gasteiger charge is -2.12. The van der Waals surface area contributed by atoms with Crippen LogP contribution in [0.15, 0.2) is 34.1 Å². The molecule has 0 atom stereocenters. The Hall–Kier alpha value is -2.23. The zero-order valence-electron chi connectivity index (χ0n) is 14.1. The van der Waals surface area contributed by atoms with Crippen molar-refractivity contribution in [2.24, 2.45) is 0 Å². The van der Waals surface area contributed by atoms with Crippen LogP contribution in [-0.4, -0.2) is 49.3 Å². The van der Waals surface area contributed by atoms with Crippen molar-refractivity contribution < 1.29 is 9.90 Å². The van der Waals surface area contributed by atoms with Crippen molar-refractivity contribution in [3.8, 4) is 0 Å². The number of aromatic nitrogens is 2. The molecule has 1 aliphatic rings. The molecular formula is C17H18N4O3S2. The SMILES string of the molecule is CCCN1C(=O)C(=Cc2c(NCCO)nc3ccccn3c2=O)SC1=S. The normalized spacial score (nSPS) is 16.1. The first-order valence-corrected chi connectivity index (χ1v) is 9.40. The predicted molar refractivity (Wildman–Crippen MR) is 107 cm³/mol. The fourth-order valence-corrected chi connectivity index (χ4v) is 3.88. The Morgan fingerprint density at radius 3 is 2.92 bits per heavy atom. The van der Waals surface area contributed by atoms with Gasteiger partial charge in [0.05, 0.1) is 17.1 Å². The second-order valence-corrected chi connectivity index (χ2v) is 7.27. The van der Waals surface area contributed by atoms with E-state index in [0.717, 1.165) is 6.42 Å². The molecule has 3 rings (SSSR count). The van der Waals surface area contributed by atoms with Gasteiger partial charge < -0.3 is 10.4 Å². The lowest BCUT2D eigenvalue weighted by Crippen LogP contribution is -2.28. The first-order valence-electron chi connectivity index (χ1n) is 8.18. The van der Waals surface area contributed by atoms with Gasteiger partial charge in [-0.25, -0.2) is 4.98 Å². The number of pyridine rings is 1. The summed E-state index contributed by atoms with van der Waals surface area (Å²) in [7, 11) is 0. The van der Waals surface area contributed by atoms with Gasteiger partial charge in [0.15, 0.2) is 0 Å². The molecule has 2 N–H and O–H groups in total. The molecule has 0 spiro atoms. The highest BCUT2D eigenvalue weighted by Gasteiger charge is 2.31. The molecule has 26 heavy (non-hydrogen) atoms. The highest BCUT2D eigenvalue weighted by Crippen LogP contribution is 2.33. The Morgan fingerprint density at radius 1 is 1.38 bits per heavy atom. The Morgan fingerprint density at radius 2 is 2.19 bits per heavy atom. The topological polar surface area (TPSA) is 86.9 Å². The molecule has 0 radical (unpaired) electrons. The van der Waals surface area contributed by atoms with Gasteiger partial charge in [-0.2, -0.15) is 0 Å². The number of thioether (sulfide) groups is 1. The first-order chi connectivity index (χ1) is 12.6. The zero-order valence-corrected chi connectivity index (χ0v) is 15.8. The van der Waals surface area contributed by atoms with Crippen LogP contribution < -0.4 is 10.9 Å². The molecule has 0 unspecified atom stereocenters. The van der Waals surface area contributed by atoms with Crippen molar-refractivity contribution in [3.05, 3.63) is 45.2 Å². The maximum atomic E-state index is 12.9. The average Bonchev–Trinajstić information content (AvgIpc) is 2.90. The third kappa shape index (κ3) is 3.50. The van der Waals surface area contributed by atoms with Gasteiger partial charge in [0.1, 0.15) is 15.8 Å². The van der Waals surface area contributed by atoms with Crippen molar-refractivity contribution in [2.75, 3.05) is 25.0 Å². The Labute approximate surface area is 159 Å². The third-order valence-corrected chi connectivity index (χ3v) is 5.15. The molecule has 0 bridgehead atoms. The van der Waals surface area contributed by atoms with Gasteiger partial charge in [-0.1, -0.05) is 37.0 Å². The standard InChI is InChI=1S/C17H18N4O3S2/c1-2-7-21-16(24)12(26-17(21)25)10-11-14(18-6-9-22)19-13-5-3-4-8-20(13)15(11)23/h3-5,8,10,18,22H,2,6-7,9H2,1H3. The van der Waals surface area contributed by atoms with Crippen molar-refractivity contribution in [1.82, 2.24) is 14.3 Å². The van der Waals surface area contributed by atoms with E-state index in [4.69, 9.17) is 17.3 Å². The summed E-state index contributed by atoms with van der Waals surface area (Å²) >= 11 is 6.45. The van der Waals surface area contributed by atoms with Crippen LogP contribution >= 0.6 is 24.0 Å². The molecule has 1 amide bonds. The Bertz CT molecular complexity index is 955. The molecule has 2 aromatic rings. The van der Waals surface area contributed by atoms with E-state index < -0.39 is 0 Å². The third-order valence-electron chi connectivity index (χ3n) is 3.77. The van der Waals surface area contributed by atoms with Crippen LogP contribution in [0.25, 0.3) is 11.7 Å². The minimum atomic E-state index is -0.295. The van der Waals surface area contributed by atoms with Crippen molar-refractivity contribution >= 4 is 51.7 Å². The number of thiocarbonyl (C=S) groups is 1. The van der Waals surface area contributed by atoms with Crippen LogP contribution in [0.2, 0.25) is 0 Å². The van der Waals surface area contributed by atoms with E-state index in [1.807, 2.05) is 6.92 Å². The second-order valence-electron chi connectivity index (χ2n) is 5.59. The summed E-state index contributed by atoms with van der Waals surface area (Å²) in [4.78, 5) is 31.9. The second kappa shape index (κ2) is 7.98. The lowest BCUT2D eigenvalue weighted by atomic mass is 10.2. The van der Waals surface area contributed by atoms with E-state index in [1.165, 1.54) is 22.2 Å². The Kier molecular flexibility index (Phi) is 5.70. The summed E-state index contributed by atoms with van der Waals surface area (Å²) in [5.74, 6) is 0.128.